The van der Waals surface area contributed by atoms with Crippen molar-refractivity contribution in [2.45, 2.75) is 6.42 Å². The van der Waals surface area contributed by atoms with Crippen LogP contribution in [0.3, 0.4) is 0 Å². The molecule has 106 valence electrons. The molecule has 0 amide bonds. The number of carbonyl (C=O) groups excluding carboxylic acids is 1. The molecule has 1 rings (SSSR count). The lowest BCUT2D eigenvalue weighted by atomic mass is 10.2. The van der Waals surface area contributed by atoms with E-state index in [2.05, 4.69) is 0 Å². The Kier molecular flexibility index (Phi) is 7.25. The van der Waals surface area contributed by atoms with Crippen molar-refractivity contribution in [3.05, 3.63) is 28.8 Å². The molecule has 0 aliphatic heterocycles. The van der Waals surface area contributed by atoms with Crippen molar-refractivity contribution in [3.8, 4) is 0 Å². The highest BCUT2D eigenvalue weighted by Crippen LogP contribution is 2.18. The summed E-state index contributed by atoms with van der Waals surface area (Å²) in [6, 6.07) is 4.65. The van der Waals surface area contributed by atoms with Gasteiger partial charge in [0.05, 0.1) is 12.2 Å². The van der Waals surface area contributed by atoms with Gasteiger partial charge in [-0.1, -0.05) is 11.6 Å². The molecule has 0 saturated heterocycles. The molecule has 0 unspecified atom stereocenters. The summed E-state index contributed by atoms with van der Waals surface area (Å²) in [6.45, 7) is 1.77. The van der Waals surface area contributed by atoms with E-state index in [1.807, 2.05) is 0 Å². The maximum atomic E-state index is 11.7. The zero-order valence-corrected chi connectivity index (χ0v) is 11.6. The summed E-state index contributed by atoms with van der Waals surface area (Å²) < 4.78 is 15.2. The largest absolute Gasteiger partial charge is 0.460 e. The predicted molar refractivity (Wildman–Crippen MR) is 73.5 cm³/mol. The molecule has 1 aromatic rings. The first-order valence-electron chi connectivity index (χ1n) is 5.94. The Hall–Kier alpha value is -1.30. The third-order valence-corrected chi connectivity index (χ3v) is 2.57. The van der Waals surface area contributed by atoms with Gasteiger partial charge in [-0.15, -0.1) is 0 Å². The fourth-order valence-corrected chi connectivity index (χ4v) is 1.58. The summed E-state index contributed by atoms with van der Waals surface area (Å²) in [5.41, 5.74) is 6.29. The van der Waals surface area contributed by atoms with Crippen molar-refractivity contribution >= 4 is 23.3 Å². The van der Waals surface area contributed by atoms with Crippen LogP contribution in [0.4, 0.5) is 5.69 Å². The molecule has 0 aliphatic carbocycles. The molecule has 0 atom stereocenters. The molecule has 0 fully saturated rings. The van der Waals surface area contributed by atoms with Gasteiger partial charge in [-0.25, -0.2) is 4.79 Å². The van der Waals surface area contributed by atoms with Gasteiger partial charge < -0.3 is 19.9 Å². The Balaban J connectivity index is 2.24. The van der Waals surface area contributed by atoms with Crippen molar-refractivity contribution in [2.75, 3.05) is 39.3 Å². The number of rotatable bonds is 8. The fraction of sp³-hybridized carbons (Fsp3) is 0.462. The lowest BCUT2D eigenvalue weighted by Gasteiger charge is -2.08. The standard InChI is InChI=1S/C13H18ClNO4/c1-17-5-2-6-18-7-8-19-13(16)11-4-3-10(14)9-12(11)15/h3-4,9H,2,5-8,15H2,1H3. The molecule has 0 heterocycles. The zero-order valence-electron chi connectivity index (χ0n) is 10.9. The molecule has 2 N–H and O–H groups in total. The fourth-order valence-electron chi connectivity index (χ4n) is 1.40. The first-order chi connectivity index (χ1) is 9.15. The van der Waals surface area contributed by atoms with E-state index < -0.39 is 5.97 Å². The highest BCUT2D eigenvalue weighted by Gasteiger charge is 2.11. The molecule has 0 radical (unpaired) electrons. The molecule has 6 heteroatoms. The van der Waals surface area contributed by atoms with Crippen molar-refractivity contribution in [2.24, 2.45) is 0 Å². The number of ether oxygens (including phenoxy) is 3. The van der Waals surface area contributed by atoms with E-state index in [0.29, 0.717) is 36.1 Å². The van der Waals surface area contributed by atoms with Crippen molar-refractivity contribution < 1.29 is 19.0 Å². The number of halogens is 1. The monoisotopic (exact) mass is 287 g/mol. The highest BCUT2D eigenvalue weighted by molar-refractivity contribution is 6.31. The lowest BCUT2D eigenvalue weighted by Crippen LogP contribution is -2.13. The Morgan fingerprint density at radius 3 is 2.74 bits per heavy atom. The van der Waals surface area contributed by atoms with Crippen LogP contribution in [0.15, 0.2) is 18.2 Å². The van der Waals surface area contributed by atoms with Gasteiger partial charge in [-0.2, -0.15) is 0 Å². The molecule has 0 spiro atoms. The van der Waals surface area contributed by atoms with Crippen LogP contribution in [0, 0.1) is 0 Å². The second kappa shape index (κ2) is 8.74. The number of carbonyl (C=O) groups is 1. The smallest absolute Gasteiger partial charge is 0.340 e. The number of benzene rings is 1. The molecule has 0 aromatic heterocycles. The van der Waals surface area contributed by atoms with Crippen LogP contribution in [-0.4, -0.2) is 39.5 Å². The second-order valence-corrected chi connectivity index (χ2v) is 4.26. The number of nitrogen functional groups attached to an aromatic ring is 1. The zero-order chi connectivity index (χ0) is 14.1. The predicted octanol–water partition coefficient (Wildman–Crippen LogP) is 2.13. The molecule has 19 heavy (non-hydrogen) atoms. The van der Waals surface area contributed by atoms with Crippen molar-refractivity contribution in [1.29, 1.82) is 0 Å². The van der Waals surface area contributed by atoms with Gasteiger partial charge in [0.15, 0.2) is 0 Å². The molecule has 0 saturated carbocycles. The summed E-state index contributed by atoms with van der Waals surface area (Å²) in [5.74, 6) is -0.477. The van der Waals surface area contributed by atoms with Gasteiger partial charge in [0, 0.05) is 31.0 Å². The average Bonchev–Trinajstić information content (AvgIpc) is 2.37. The minimum atomic E-state index is -0.477. The third-order valence-electron chi connectivity index (χ3n) is 2.33. The summed E-state index contributed by atoms with van der Waals surface area (Å²) in [5, 5.41) is 0.482. The minimum Gasteiger partial charge on any atom is -0.460 e. The van der Waals surface area contributed by atoms with Crippen LogP contribution < -0.4 is 5.73 Å². The number of hydrogen-bond donors (Lipinski definition) is 1. The van der Waals surface area contributed by atoms with Crippen LogP contribution in [0.1, 0.15) is 16.8 Å². The van der Waals surface area contributed by atoms with Crippen LogP contribution in [0.5, 0.6) is 0 Å². The summed E-state index contributed by atoms with van der Waals surface area (Å²) in [7, 11) is 1.64. The molecule has 1 aromatic carbocycles. The number of nitrogens with two attached hydrogens (primary N) is 1. The molecular weight excluding hydrogens is 270 g/mol. The Morgan fingerprint density at radius 1 is 1.26 bits per heavy atom. The van der Waals surface area contributed by atoms with E-state index >= 15 is 0 Å². The van der Waals surface area contributed by atoms with Gasteiger partial charge in [0.1, 0.15) is 6.61 Å². The van der Waals surface area contributed by atoms with E-state index in [9.17, 15) is 4.79 Å². The number of esters is 1. The second-order valence-electron chi connectivity index (χ2n) is 3.83. The van der Waals surface area contributed by atoms with Crippen LogP contribution in [0.25, 0.3) is 0 Å². The molecule has 0 bridgehead atoms. The van der Waals surface area contributed by atoms with Gasteiger partial charge in [0.2, 0.25) is 0 Å². The van der Waals surface area contributed by atoms with Crippen LogP contribution >= 0.6 is 11.6 Å². The van der Waals surface area contributed by atoms with Crippen LogP contribution in [-0.2, 0) is 14.2 Å². The number of anilines is 1. The Morgan fingerprint density at radius 2 is 2.05 bits per heavy atom. The average molecular weight is 288 g/mol. The van der Waals surface area contributed by atoms with Crippen molar-refractivity contribution in [1.82, 2.24) is 0 Å². The van der Waals surface area contributed by atoms with Gasteiger partial charge in [-0.3, -0.25) is 0 Å². The lowest BCUT2D eigenvalue weighted by molar-refractivity contribution is 0.0289. The first-order valence-corrected chi connectivity index (χ1v) is 6.31. The summed E-state index contributed by atoms with van der Waals surface area (Å²) >= 11 is 5.75. The maximum Gasteiger partial charge on any atom is 0.340 e. The van der Waals surface area contributed by atoms with E-state index in [4.69, 9.17) is 31.5 Å². The van der Waals surface area contributed by atoms with E-state index in [-0.39, 0.29) is 6.61 Å². The van der Waals surface area contributed by atoms with Gasteiger partial charge >= 0.3 is 5.97 Å². The number of methoxy groups -OCH3 is 1. The molecular formula is C13H18ClNO4. The molecule has 5 nitrogen and oxygen atoms in total. The maximum absolute atomic E-state index is 11.7. The van der Waals surface area contributed by atoms with Gasteiger partial charge in [0.25, 0.3) is 0 Å². The number of hydrogen-bond acceptors (Lipinski definition) is 5. The highest BCUT2D eigenvalue weighted by atomic mass is 35.5. The van der Waals surface area contributed by atoms with Crippen molar-refractivity contribution in [3.63, 3.8) is 0 Å². The topological polar surface area (TPSA) is 70.8 Å². The van der Waals surface area contributed by atoms with E-state index in [1.54, 1.807) is 19.2 Å². The quantitative estimate of drug-likeness (QED) is 0.450. The van der Waals surface area contributed by atoms with E-state index in [0.717, 1.165) is 6.42 Å². The Bertz CT molecular complexity index is 412. The Labute approximate surface area is 117 Å². The van der Waals surface area contributed by atoms with E-state index in [1.165, 1.54) is 6.07 Å². The normalized spacial score (nSPS) is 10.4. The van der Waals surface area contributed by atoms with Gasteiger partial charge in [-0.05, 0) is 24.6 Å². The minimum absolute atomic E-state index is 0.188. The third kappa shape index (κ3) is 5.92. The summed E-state index contributed by atoms with van der Waals surface area (Å²) in [4.78, 5) is 11.7. The SMILES string of the molecule is COCCCOCCOC(=O)c1ccc(Cl)cc1N. The summed E-state index contributed by atoms with van der Waals surface area (Å²) in [6.07, 6.45) is 0.814. The van der Waals surface area contributed by atoms with Crippen LogP contribution in [0.2, 0.25) is 5.02 Å². The first kappa shape index (κ1) is 15.8. The molecule has 0 aliphatic rings.